The van der Waals surface area contributed by atoms with Gasteiger partial charge in [-0.05, 0) is 23.6 Å². The Kier molecular flexibility index (Phi) is 6.07. The average Bonchev–Trinajstić information content (AvgIpc) is 2.44. The smallest absolute Gasteiger partial charge is 0.322 e. The largest absolute Gasteiger partial charge is 0.480 e. The fraction of sp³-hybridized carbons (Fsp3) is 0.429. The zero-order chi connectivity index (χ0) is 16.9. The first-order valence-corrected chi connectivity index (χ1v) is 8.06. The quantitative estimate of drug-likeness (QED) is 0.716. The molecule has 0 aliphatic heterocycles. The fourth-order valence-electron chi connectivity index (χ4n) is 1.77. The van der Waals surface area contributed by atoms with E-state index in [1.54, 1.807) is 19.9 Å². The van der Waals surface area contributed by atoms with Crippen LogP contribution in [0.2, 0.25) is 0 Å². The zero-order valence-electron chi connectivity index (χ0n) is 12.6. The molecule has 22 heavy (non-hydrogen) atoms. The first-order chi connectivity index (χ1) is 10.2. The molecule has 122 valence electrons. The van der Waals surface area contributed by atoms with E-state index in [9.17, 15) is 18.0 Å². The van der Waals surface area contributed by atoms with Gasteiger partial charge in [-0.3, -0.25) is 9.59 Å². The van der Waals surface area contributed by atoms with Crippen molar-refractivity contribution in [3.05, 3.63) is 29.8 Å². The topological polar surface area (TPSA) is 110 Å². The summed E-state index contributed by atoms with van der Waals surface area (Å²) in [6, 6.07) is 4.50. The lowest BCUT2D eigenvalue weighted by Gasteiger charge is -2.18. The maximum Gasteiger partial charge on any atom is 0.322 e. The molecule has 2 N–H and O–H groups in total. The Labute approximate surface area is 129 Å². The van der Waals surface area contributed by atoms with Crippen LogP contribution < -0.4 is 4.72 Å². The molecule has 0 heterocycles. The Balaban J connectivity index is 3.05. The number of carbonyl (C=O) groups is 2. The summed E-state index contributed by atoms with van der Waals surface area (Å²) in [6.07, 6.45) is -0.0631. The van der Waals surface area contributed by atoms with E-state index in [0.717, 1.165) is 0 Å². The van der Waals surface area contributed by atoms with Crippen molar-refractivity contribution in [2.45, 2.75) is 31.2 Å². The molecule has 1 aromatic carbocycles. The molecule has 0 aliphatic rings. The summed E-state index contributed by atoms with van der Waals surface area (Å²) in [5.41, 5.74) is 0.464. The summed E-state index contributed by atoms with van der Waals surface area (Å²) >= 11 is 0. The molecule has 7 nitrogen and oxygen atoms in total. The van der Waals surface area contributed by atoms with Gasteiger partial charge in [0.05, 0.1) is 18.4 Å². The number of hydrogen-bond donors (Lipinski definition) is 2. The van der Waals surface area contributed by atoms with Crippen LogP contribution in [0.3, 0.4) is 0 Å². The van der Waals surface area contributed by atoms with Gasteiger partial charge in [0.1, 0.15) is 6.04 Å². The Bertz CT molecular complexity index is 653. The minimum atomic E-state index is -4.00. The lowest BCUT2D eigenvalue weighted by molar-refractivity contribution is -0.140. The molecule has 1 atom stereocenters. The number of carboxylic acid groups (broad SMARTS) is 1. The van der Waals surface area contributed by atoms with Gasteiger partial charge in [0.2, 0.25) is 10.0 Å². The average molecular weight is 329 g/mol. The van der Waals surface area contributed by atoms with Crippen LogP contribution in [0.4, 0.5) is 0 Å². The number of methoxy groups -OCH3 is 1. The van der Waals surface area contributed by atoms with Gasteiger partial charge < -0.3 is 9.84 Å². The van der Waals surface area contributed by atoms with Crippen LogP contribution in [0.1, 0.15) is 19.4 Å². The highest BCUT2D eigenvalue weighted by atomic mass is 32.2. The van der Waals surface area contributed by atoms with Crippen molar-refractivity contribution in [2.24, 2.45) is 5.92 Å². The van der Waals surface area contributed by atoms with Crippen molar-refractivity contribution in [3.8, 4) is 0 Å². The summed E-state index contributed by atoms with van der Waals surface area (Å²) in [4.78, 5) is 22.3. The second-order valence-electron chi connectivity index (χ2n) is 5.08. The molecule has 0 bridgehead atoms. The summed E-state index contributed by atoms with van der Waals surface area (Å²) in [6.45, 7) is 3.21. The number of aliphatic carboxylic acids is 1. The molecule has 0 spiro atoms. The molecular formula is C14H19NO6S. The maximum atomic E-state index is 12.3. The molecule has 0 aromatic heterocycles. The van der Waals surface area contributed by atoms with Gasteiger partial charge in [-0.15, -0.1) is 0 Å². The van der Waals surface area contributed by atoms with Gasteiger partial charge in [0.15, 0.2) is 0 Å². The molecule has 0 saturated heterocycles. The van der Waals surface area contributed by atoms with Crippen molar-refractivity contribution >= 4 is 22.0 Å². The summed E-state index contributed by atoms with van der Waals surface area (Å²) in [5, 5.41) is 9.07. The number of esters is 1. The minimum Gasteiger partial charge on any atom is -0.480 e. The highest BCUT2D eigenvalue weighted by molar-refractivity contribution is 7.89. The van der Waals surface area contributed by atoms with E-state index in [0.29, 0.717) is 5.56 Å². The number of carbonyl (C=O) groups excluding carboxylic acids is 1. The zero-order valence-corrected chi connectivity index (χ0v) is 13.4. The van der Waals surface area contributed by atoms with E-state index >= 15 is 0 Å². The standard InChI is InChI=1S/C14H19NO6S/c1-9(2)13(14(17)18)15-22(19,20)11-6-4-5-10(7-11)8-12(16)21-3/h4-7,9,13,15H,8H2,1-3H3,(H,17,18)/t13-/m1/s1. The number of rotatable bonds is 7. The van der Waals surface area contributed by atoms with Crippen LogP contribution in [0.5, 0.6) is 0 Å². The fourth-order valence-corrected chi connectivity index (χ4v) is 3.18. The van der Waals surface area contributed by atoms with Gasteiger partial charge in [0, 0.05) is 0 Å². The number of nitrogens with one attached hydrogen (secondary N) is 1. The van der Waals surface area contributed by atoms with Crippen LogP contribution in [0, 0.1) is 5.92 Å². The number of hydrogen-bond acceptors (Lipinski definition) is 5. The van der Waals surface area contributed by atoms with E-state index < -0.39 is 33.9 Å². The Morgan fingerprint density at radius 2 is 1.95 bits per heavy atom. The van der Waals surface area contributed by atoms with E-state index in [1.165, 1.54) is 25.3 Å². The Hall–Kier alpha value is -1.93. The summed E-state index contributed by atoms with van der Waals surface area (Å²) < 4.78 is 31.2. The third-order valence-corrected chi connectivity index (χ3v) is 4.44. The second kappa shape index (κ2) is 7.37. The van der Waals surface area contributed by atoms with Crippen LogP contribution in [-0.4, -0.2) is 38.6 Å². The molecule has 1 rings (SSSR count). The van der Waals surface area contributed by atoms with Crippen LogP contribution in [0.25, 0.3) is 0 Å². The molecule has 0 aliphatic carbocycles. The van der Waals surface area contributed by atoms with Crippen molar-refractivity contribution in [1.82, 2.24) is 4.72 Å². The predicted octanol–water partition coefficient (Wildman–Crippen LogP) is 0.790. The summed E-state index contributed by atoms with van der Waals surface area (Å²) in [5.74, 6) is -2.15. The lowest BCUT2D eigenvalue weighted by atomic mass is 10.1. The van der Waals surface area contributed by atoms with Gasteiger partial charge in [-0.2, -0.15) is 4.72 Å². The van der Waals surface area contributed by atoms with E-state index in [1.807, 2.05) is 0 Å². The molecule has 8 heteroatoms. The maximum absolute atomic E-state index is 12.3. The molecule has 0 saturated carbocycles. The van der Waals surface area contributed by atoms with Crippen molar-refractivity contribution in [2.75, 3.05) is 7.11 Å². The summed E-state index contributed by atoms with van der Waals surface area (Å²) in [7, 11) is -2.76. The van der Waals surface area contributed by atoms with Gasteiger partial charge in [0.25, 0.3) is 0 Å². The third kappa shape index (κ3) is 4.81. The van der Waals surface area contributed by atoms with Crippen LogP contribution in [-0.2, 0) is 30.8 Å². The number of sulfonamides is 1. The first kappa shape index (κ1) is 18.1. The van der Waals surface area contributed by atoms with Crippen LogP contribution in [0.15, 0.2) is 29.2 Å². The van der Waals surface area contributed by atoms with Gasteiger partial charge in [-0.1, -0.05) is 26.0 Å². The molecule has 0 fully saturated rings. The highest BCUT2D eigenvalue weighted by Crippen LogP contribution is 2.14. The van der Waals surface area contributed by atoms with E-state index in [2.05, 4.69) is 9.46 Å². The SMILES string of the molecule is COC(=O)Cc1cccc(S(=O)(=O)N[C@@H](C(=O)O)C(C)C)c1. The van der Waals surface area contributed by atoms with Crippen molar-refractivity contribution in [1.29, 1.82) is 0 Å². The molecule has 0 amide bonds. The van der Waals surface area contributed by atoms with Gasteiger partial charge >= 0.3 is 11.9 Å². The monoisotopic (exact) mass is 329 g/mol. The molecular weight excluding hydrogens is 310 g/mol. The highest BCUT2D eigenvalue weighted by Gasteiger charge is 2.28. The predicted molar refractivity (Wildman–Crippen MR) is 78.7 cm³/mol. The lowest BCUT2D eigenvalue weighted by Crippen LogP contribution is -2.44. The molecule has 0 radical (unpaired) electrons. The van der Waals surface area contributed by atoms with E-state index in [4.69, 9.17) is 5.11 Å². The minimum absolute atomic E-state index is 0.0631. The normalized spacial score (nSPS) is 12.9. The third-order valence-electron chi connectivity index (χ3n) is 3.00. The Morgan fingerprint density at radius 3 is 2.45 bits per heavy atom. The van der Waals surface area contributed by atoms with Gasteiger partial charge in [-0.25, -0.2) is 8.42 Å². The Morgan fingerprint density at radius 1 is 1.32 bits per heavy atom. The number of ether oxygens (including phenoxy) is 1. The molecule has 1 aromatic rings. The second-order valence-corrected chi connectivity index (χ2v) is 6.80. The van der Waals surface area contributed by atoms with Crippen molar-refractivity contribution in [3.63, 3.8) is 0 Å². The number of carboxylic acids is 1. The molecule has 0 unspecified atom stereocenters. The van der Waals surface area contributed by atoms with Crippen LogP contribution >= 0.6 is 0 Å². The first-order valence-electron chi connectivity index (χ1n) is 6.58. The number of benzene rings is 1. The van der Waals surface area contributed by atoms with Crippen molar-refractivity contribution < 1.29 is 27.9 Å². The van der Waals surface area contributed by atoms with E-state index in [-0.39, 0.29) is 11.3 Å².